The molecule has 0 aliphatic rings. The second-order valence-electron chi connectivity index (χ2n) is 4.47. The lowest BCUT2D eigenvalue weighted by Crippen LogP contribution is -2.32. The molecule has 1 aromatic carbocycles. The number of thioether (sulfide) groups is 1. The van der Waals surface area contributed by atoms with E-state index in [2.05, 4.69) is 6.92 Å². The molecule has 2 N–H and O–H groups in total. The molecule has 1 amide bonds. The first kappa shape index (κ1) is 16.0. The average Bonchev–Trinajstić information content (AvgIpc) is 2.41. The molecule has 0 aromatic heterocycles. The number of rotatable bonds is 7. The van der Waals surface area contributed by atoms with E-state index in [0.29, 0.717) is 24.8 Å². The molecular formula is C14H21FN2OS. The Labute approximate surface area is 118 Å². The maximum atomic E-state index is 12.9. The largest absolute Gasteiger partial charge is 0.330 e. The van der Waals surface area contributed by atoms with Gasteiger partial charge in [-0.25, -0.2) is 4.39 Å². The standard InChI is InChI=1S/C14H21FN2OS/c1-3-17(13-6-4-12(15)5-7-13)14(18)10-19-9-11(2)8-16/h4-7,11H,3,8-10,16H2,1-2H3. The number of nitrogens with zero attached hydrogens (tertiary/aromatic N) is 1. The summed E-state index contributed by atoms with van der Waals surface area (Å²) >= 11 is 1.59. The van der Waals surface area contributed by atoms with Crippen molar-refractivity contribution in [1.29, 1.82) is 0 Å². The molecule has 0 fully saturated rings. The van der Waals surface area contributed by atoms with Crippen LogP contribution in [0, 0.1) is 11.7 Å². The van der Waals surface area contributed by atoms with Crippen molar-refractivity contribution in [3.05, 3.63) is 30.1 Å². The van der Waals surface area contributed by atoms with E-state index < -0.39 is 0 Å². The number of hydrogen-bond acceptors (Lipinski definition) is 3. The molecule has 0 heterocycles. The number of halogens is 1. The summed E-state index contributed by atoms with van der Waals surface area (Å²) in [5, 5.41) is 0. The second-order valence-corrected chi connectivity index (χ2v) is 5.50. The molecule has 1 atom stereocenters. The highest BCUT2D eigenvalue weighted by Crippen LogP contribution is 2.17. The average molecular weight is 284 g/mol. The van der Waals surface area contributed by atoms with E-state index >= 15 is 0 Å². The number of nitrogens with two attached hydrogens (primary N) is 1. The first-order valence-corrected chi connectivity index (χ1v) is 7.57. The first-order valence-electron chi connectivity index (χ1n) is 6.42. The van der Waals surface area contributed by atoms with Gasteiger partial charge in [-0.05, 0) is 49.4 Å². The molecule has 3 nitrogen and oxygen atoms in total. The zero-order valence-corrected chi connectivity index (χ0v) is 12.3. The van der Waals surface area contributed by atoms with Crippen LogP contribution in [0.4, 0.5) is 10.1 Å². The number of anilines is 1. The summed E-state index contributed by atoms with van der Waals surface area (Å²) in [6.45, 7) is 5.19. The molecule has 0 radical (unpaired) electrons. The molecule has 0 aliphatic heterocycles. The summed E-state index contributed by atoms with van der Waals surface area (Å²) < 4.78 is 12.9. The summed E-state index contributed by atoms with van der Waals surface area (Å²) in [6.07, 6.45) is 0. The molecule has 0 spiro atoms. The van der Waals surface area contributed by atoms with Crippen LogP contribution in [0.25, 0.3) is 0 Å². The molecule has 0 saturated carbocycles. The predicted molar refractivity (Wildman–Crippen MR) is 80.0 cm³/mol. The van der Waals surface area contributed by atoms with Gasteiger partial charge >= 0.3 is 0 Å². The Bertz CT molecular complexity index is 397. The zero-order chi connectivity index (χ0) is 14.3. The summed E-state index contributed by atoms with van der Waals surface area (Å²) in [4.78, 5) is 13.8. The third-order valence-electron chi connectivity index (χ3n) is 2.79. The van der Waals surface area contributed by atoms with E-state index in [4.69, 9.17) is 5.73 Å². The van der Waals surface area contributed by atoms with Gasteiger partial charge in [-0.15, -0.1) is 0 Å². The molecule has 0 aliphatic carbocycles. The lowest BCUT2D eigenvalue weighted by molar-refractivity contribution is -0.116. The summed E-state index contributed by atoms with van der Waals surface area (Å²) in [7, 11) is 0. The van der Waals surface area contributed by atoms with Gasteiger partial charge < -0.3 is 10.6 Å². The number of hydrogen-bond donors (Lipinski definition) is 1. The predicted octanol–water partition coefficient (Wildman–Crippen LogP) is 2.51. The van der Waals surface area contributed by atoms with Crippen molar-refractivity contribution in [3.63, 3.8) is 0 Å². The summed E-state index contributed by atoms with van der Waals surface area (Å²) in [5.74, 6) is 1.47. The molecule has 1 rings (SSSR count). The normalized spacial score (nSPS) is 12.2. The van der Waals surface area contributed by atoms with Crippen LogP contribution in [-0.2, 0) is 4.79 Å². The van der Waals surface area contributed by atoms with Crippen molar-refractivity contribution >= 4 is 23.4 Å². The minimum Gasteiger partial charge on any atom is -0.330 e. The van der Waals surface area contributed by atoms with Crippen molar-refractivity contribution in [3.8, 4) is 0 Å². The van der Waals surface area contributed by atoms with Gasteiger partial charge in [-0.3, -0.25) is 4.79 Å². The highest BCUT2D eigenvalue weighted by Gasteiger charge is 2.14. The Morgan fingerprint density at radius 2 is 2.05 bits per heavy atom. The third kappa shape index (κ3) is 5.20. The third-order valence-corrected chi connectivity index (χ3v) is 4.04. The van der Waals surface area contributed by atoms with Crippen LogP contribution in [-0.4, -0.2) is 30.5 Å². The van der Waals surface area contributed by atoms with Crippen molar-refractivity contribution in [1.82, 2.24) is 0 Å². The highest BCUT2D eigenvalue weighted by molar-refractivity contribution is 7.99. The molecular weight excluding hydrogens is 263 g/mol. The molecule has 19 heavy (non-hydrogen) atoms. The van der Waals surface area contributed by atoms with Gasteiger partial charge in [-0.1, -0.05) is 6.92 Å². The van der Waals surface area contributed by atoms with Gasteiger partial charge in [0.25, 0.3) is 0 Å². The van der Waals surface area contributed by atoms with Crippen LogP contribution < -0.4 is 10.6 Å². The fraction of sp³-hybridized carbons (Fsp3) is 0.500. The molecule has 1 unspecified atom stereocenters. The van der Waals surface area contributed by atoms with E-state index in [0.717, 1.165) is 11.4 Å². The molecule has 1 aromatic rings. The molecule has 0 saturated heterocycles. The van der Waals surface area contributed by atoms with E-state index in [1.165, 1.54) is 12.1 Å². The number of carbonyl (C=O) groups is 1. The zero-order valence-electron chi connectivity index (χ0n) is 11.4. The maximum absolute atomic E-state index is 12.9. The molecule has 5 heteroatoms. The number of carbonyl (C=O) groups excluding carboxylic acids is 1. The number of amides is 1. The van der Waals surface area contributed by atoms with Gasteiger partial charge in [0.1, 0.15) is 5.82 Å². The van der Waals surface area contributed by atoms with Gasteiger partial charge in [0.2, 0.25) is 5.91 Å². The van der Waals surface area contributed by atoms with Crippen LogP contribution in [0.15, 0.2) is 24.3 Å². The van der Waals surface area contributed by atoms with E-state index in [1.54, 1.807) is 28.8 Å². The lowest BCUT2D eigenvalue weighted by atomic mass is 10.2. The fourth-order valence-electron chi connectivity index (χ4n) is 1.62. The lowest BCUT2D eigenvalue weighted by Gasteiger charge is -2.21. The van der Waals surface area contributed by atoms with Crippen LogP contribution in [0.5, 0.6) is 0 Å². The monoisotopic (exact) mass is 284 g/mol. The molecule has 0 bridgehead atoms. The highest BCUT2D eigenvalue weighted by atomic mass is 32.2. The van der Waals surface area contributed by atoms with Crippen molar-refractivity contribution in [2.24, 2.45) is 11.7 Å². The Morgan fingerprint density at radius 1 is 1.42 bits per heavy atom. The van der Waals surface area contributed by atoms with Crippen molar-refractivity contribution < 1.29 is 9.18 Å². The fourth-order valence-corrected chi connectivity index (χ4v) is 2.60. The van der Waals surface area contributed by atoms with Gasteiger partial charge in [0, 0.05) is 12.2 Å². The SMILES string of the molecule is CCN(C(=O)CSCC(C)CN)c1ccc(F)cc1. The number of benzene rings is 1. The minimum atomic E-state index is -0.293. The maximum Gasteiger partial charge on any atom is 0.236 e. The van der Waals surface area contributed by atoms with Gasteiger partial charge in [-0.2, -0.15) is 11.8 Å². The second kappa shape index (κ2) is 8.17. The summed E-state index contributed by atoms with van der Waals surface area (Å²) in [6, 6.07) is 6.00. The van der Waals surface area contributed by atoms with Crippen molar-refractivity contribution in [2.45, 2.75) is 13.8 Å². The Hall–Kier alpha value is -1.07. The van der Waals surface area contributed by atoms with Crippen LogP contribution in [0.1, 0.15) is 13.8 Å². The van der Waals surface area contributed by atoms with Crippen LogP contribution in [0.3, 0.4) is 0 Å². The molecule has 106 valence electrons. The Balaban J connectivity index is 2.54. The van der Waals surface area contributed by atoms with Crippen molar-refractivity contribution in [2.75, 3.05) is 29.5 Å². The Kier molecular flexibility index (Phi) is 6.87. The summed E-state index contributed by atoms with van der Waals surface area (Å²) in [5.41, 5.74) is 6.27. The smallest absolute Gasteiger partial charge is 0.236 e. The van der Waals surface area contributed by atoms with Gasteiger partial charge in [0.15, 0.2) is 0 Å². The topological polar surface area (TPSA) is 46.3 Å². The first-order chi connectivity index (χ1) is 9.08. The quantitative estimate of drug-likeness (QED) is 0.837. The Morgan fingerprint density at radius 3 is 2.58 bits per heavy atom. The van der Waals surface area contributed by atoms with Crippen LogP contribution in [0.2, 0.25) is 0 Å². The minimum absolute atomic E-state index is 0.0447. The van der Waals surface area contributed by atoms with E-state index in [-0.39, 0.29) is 11.7 Å². The van der Waals surface area contributed by atoms with Crippen LogP contribution >= 0.6 is 11.8 Å². The van der Waals surface area contributed by atoms with E-state index in [1.807, 2.05) is 6.92 Å². The van der Waals surface area contributed by atoms with Gasteiger partial charge in [0.05, 0.1) is 5.75 Å². The van der Waals surface area contributed by atoms with E-state index in [9.17, 15) is 9.18 Å².